The van der Waals surface area contributed by atoms with Gasteiger partial charge in [-0.2, -0.15) is 0 Å². The van der Waals surface area contributed by atoms with Crippen molar-refractivity contribution in [2.45, 2.75) is 25.5 Å². The molecule has 6 heteroatoms. The van der Waals surface area contributed by atoms with E-state index in [0.29, 0.717) is 22.8 Å². The van der Waals surface area contributed by atoms with Gasteiger partial charge >= 0.3 is 6.03 Å². The highest BCUT2D eigenvalue weighted by molar-refractivity contribution is 6.34. The summed E-state index contributed by atoms with van der Waals surface area (Å²) in [6, 6.07) is 8.50. The van der Waals surface area contributed by atoms with Gasteiger partial charge in [0, 0.05) is 12.6 Å². The number of aliphatic hydroxyl groups is 1. The Morgan fingerprint density at radius 2 is 2.14 bits per heavy atom. The van der Waals surface area contributed by atoms with Crippen molar-refractivity contribution in [3.63, 3.8) is 0 Å². The van der Waals surface area contributed by atoms with E-state index in [2.05, 4.69) is 15.6 Å². The number of rotatable bonds is 2. The molecule has 2 amide bonds. The standard InChI is InChI=1S/C16H16ClN3O2/c1-9-14(17)12(6-7-18-9)19-16(22)20-15-11-5-3-2-4-10(11)8-13(15)21/h2-7,13,15,21H,8H2,1H3,(H2,18,19,20,22)/t13-,15+/m0/s1. The van der Waals surface area contributed by atoms with Crippen LogP contribution < -0.4 is 10.6 Å². The number of hydrogen-bond donors (Lipinski definition) is 3. The van der Waals surface area contributed by atoms with Crippen molar-refractivity contribution in [3.8, 4) is 0 Å². The third-order valence-corrected chi connectivity index (χ3v) is 4.28. The fraction of sp³-hybridized carbons (Fsp3) is 0.250. The molecule has 1 aliphatic carbocycles. The number of carbonyl (C=O) groups is 1. The number of nitrogens with one attached hydrogen (secondary N) is 2. The van der Waals surface area contributed by atoms with Crippen molar-refractivity contribution >= 4 is 23.3 Å². The number of carbonyl (C=O) groups excluding carboxylic acids is 1. The molecule has 2 aromatic rings. The number of benzene rings is 1. The number of hydrogen-bond acceptors (Lipinski definition) is 3. The molecule has 114 valence electrons. The van der Waals surface area contributed by atoms with Crippen molar-refractivity contribution in [1.29, 1.82) is 0 Å². The smallest absolute Gasteiger partial charge is 0.319 e. The van der Waals surface area contributed by atoms with Gasteiger partial charge in [-0.15, -0.1) is 0 Å². The summed E-state index contributed by atoms with van der Waals surface area (Å²) in [5.74, 6) is 0. The molecular formula is C16H16ClN3O2. The second-order valence-corrected chi connectivity index (χ2v) is 5.68. The van der Waals surface area contributed by atoms with E-state index in [4.69, 9.17) is 11.6 Å². The van der Waals surface area contributed by atoms with Gasteiger partial charge in [-0.05, 0) is 24.1 Å². The molecule has 0 aliphatic heterocycles. The van der Waals surface area contributed by atoms with Crippen LogP contribution in [0, 0.1) is 6.92 Å². The van der Waals surface area contributed by atoms with E-state index >= 15 is 0 Å². The van der Waals surface area contributed by atoms with Crippen molar-refractivity contribution in [2.75, 3.05) is 5.32 Å². The van der Waals surface area contributed by atoms with Crippen molar-refractivity contribution in [1.82, 2.24) is 10.3 Å². The summed E-state index contributed by atoms with van der Waals surface area (Å²) in [6.45, 7) is 1.77. The Bertz CT molecular complexity index is 720. The predicted octanol–water partition coefficient (Wildman–Crippen LogP) is 2.82. The number of fused-ring (bicyclic) bond motifs is 1. The van der Waals surface area contributed by atoms with E-state index in [1.54, 1.807) is 19.2 Å². The molecule has 3 rings (SSSR count). The van der Waals surface area contributed by atoms with Gasteiger partial charge in [0.15, 0.2) is 0 Å². The lowest BCUT2D eigenvalue weighted by Gasteiger charge is -2.18. The maximum absolute atomic E-state index is 12.2. The first-order valence-corrected chi connectivity index (χ1v) is 7.38. The van der Waals surface area contributed by atoms with Gasteiger partial charge in [0.2, 0.25) is 0 Å². The number of nitrogens with zero attached hydrogens (tertiary/aromatic N) is 1. The fourth-order valence-corrected chi connectivity index (χ4v) is 2.85. The fourth-order valence-electron chi connectivity index (χ4n) is 2.69. The Labute approximate surface area is 133 Å². The molecule has 1 aliphatic rings. The largest absolute Gasteiger partial charge is 0.390 e. The number of anilines is 1. The van der Waals surface area contributed by atoms with E-state index in [0.717, 1.165) is 11.1 Å². The molecule has 3 N–H and O–H groups in total. The minimum Gasteiger partial charge on any atom is -0.390 e. The third kappa shape index (κ3) is 2.77. The lowest BCUT2D eigenvalue weighted by molar-refractivity contribution is 0.144. The summed E-state index contributed by atoms with van der Waals surface area (Å²) < 4.78 is 0. The van der Waals surface area contributed by atoms with Gasteiger partial charge in [-0.3, -0.25) is 4.98 Å². The monoisotopic (exact) mass is 317 g/mol. The number of urea groups is 1. The molecule has 0 spiro atoms. The average Bonchev–Trinajstić information content (AvgIpc) is 2.80. The molecule has 0 bridgehead atoms. The summed E-state index contributed by atoms with van der Waals surface area (Å²) in [7, 11) is 0. The molecule has 2 atom stereocenters. The topological polar surface area (TPSA) is 74.2 Å². The van der Waals surface area contributed by atoms with E-state index in [-0.39, 0.29) is 0 Å². The molecule has 0 fully saturated rings. The Kier molecular flexibility index (Phi) is 4.00. The predicted molar refractivity (Wildman–Crippen MR) is 85.0 cm³/mol. The second-order valence-electron chi connectivity index (χ2n) is 5.30. The van der Waals surface area contributed by atoms with Crippen molar-refractivity contribution < 1.29 is 9.90 Å². The van der Waals surface area contributed by atoms with E-state index in [1.807, 2.05) is 24.3 Å². The Balaban J connectivity index is 1.74. The van der Waals surface area contributed by atoms with Crippen LogP contribution in [0.15, 0.2) is 36.5 Å². The van der Waals surface area contributed by atoms with Crippen molar-refractivity contribution in [3.05, 3.63) is 58.4 Å². The Morgan fingerprint density at radius 1 is 1.36 bits per heavy atom. The zero-order chi connectivity index (χ0) is 15.7. The number of aryl methyl sites for hydroxylation is 1. The van der Waals surface area contributed by atoms with Gasteiger partial charge in [0.1, 0.15) is 0 Å². The second kappa shape index (κ2) is 5.94. The molecular weight excluding hydrogens is 302 g/mol. The van der Waals surface area contributed by atoms with Gasteiger partial charge in [-0.1, -0.05) is 35.9 Å². The van der Waals surface area contributed by atoms with Gasteiger partial charge in [0.25, 0.3) is 0 Å². The van der Waals surface area contributed by atoms with Crippen LogP contribution in [-0.2, 0) is 6.42 Å². The van der Waals surface area contributed by atoms with Crippen LogP contribution in [0.1, 0.15) is 22.9 Å². The minimum atomic E-state index is -0.627. The average molecular weight is 318 g/mol. The van der Waals surface area contributed by atoms with E-state index in [1.165, 1.54) is 0 Å². The summed E-state index contributed by atoms with van der Waals surface area (Å²) in [5.41, 5.74) is 3.14. The number of pyridine rings is 1. The highest BCUT2D eigenvalue weighted by Crippen LogP contribution is 2.31. The Hall–Kier alpha value is -2.11. The quantitative estimate of drug-likeness (QED) is 0.797. The molecule has 0 unspecified atom stereocenters. The van der Waals surface area contributed by atoms with Gasteiger partial charge in [0.05, 0.1) is 28.5 Å². The minimum absolute atomic E-state index is 0.407. The summed E-state index contributed by atoms with van der Waals surface area (Å²) >= 11 is 6.11. The van der Waals surface area contributed by atoms with Crippen molar-refractivity contribution in [2.24, 2.45) is 0 Å². The summed E-state index contributed by atoms with van der Waals surface area (Å²) in [5, 5.41) is 16.0. The van der Waals surface area contributed by atoms with Crippen LogP contribution >= 0.6 is 11.6 Å². The maximum atomic E-state index is 12.2. The van der Waals surface area contributed by atoms with E-state index in [9.17, 15) is 9.90 Å². The maximum Gasteiger partial charge on any atom is 0.319 e. The number of aromatic nitrogens is 1. The lowest BCUT2D eigenvalue weighted by atomic mass is 10.1. The summed E-state index contributed by atoms with van der Waals surface area (Å²) in [4.78, 5) is 16.2. The van der Waals surface area contributed by atoms with Gasteiger partial charge in [-0.25, -0.2) is 4.79 Å². The lowest BCUT2D eigenvalue weighted by Crippen LogP contribution is -2.36. The van der Waals surface area contributed by atoms with Crippen LogP contribution in [0.25, 0.3) is 0 Å². The zero-order valence-electron chi connectivity index (χ0n) is 12.0. The number of amides is 2. The van der Waals surface area contributed by atoms with Crippen LogP contribution in [-0.4, -0.2) is 22.2 Å². The highest BCUT2D eigenvalue weighted by atomic mass is 35.5. The number of halogens is 1. The van der Waals surface area contributed by atoms with Crippen LogP contribution in [0.3, 0.4) is 0 Å². The van der Waals surface area contributed by atoms with Crippen LogP contribution in [0.4, 0.5) is 10.5 Å². The molecule has 1 aromatic heterocycles. The first kappa shape index (κ1) is 14.8. The number of aliphatic hydroxyl groups excluding tert-OH is 1. The van der Waals surface area contributed by atoms with Crippen LogP contribution in [0.5, 0.6) is 0 Å². The van der Waals surface area contributed by atoms with Crippen LogP contribution in [0.2, 0.25) is 5.02 Å². The molecule has 0 saturated heterocycles. The third-order valence-electron chi connectivity index (χ3n) is 3.80. The van der Waals surface area contributed by atoms with Gasteiger partial charge < -0.3 is 15.7 Å². The first-order valence-electron chi connectivity index (χ1n) is 7.00. The summed E-state index contributed by atoms with van der Waals surface area (Å²) in [6.07, 6.45) is 1.49. The zero-order valence-corrected chi connectivity index (χ0v) is 12.8. The molecule has 0 radical (unpaired) electrons. The van der Waals surface area contributed by atoms with E-state index < -0.39 is 18.2 Å². The molecule has 22 heavy (non-hydrogen) atoms. The molecule has 1 heterocycles. The molecule has 5 nitrogen and oxygen atoms in total. The SMILES string of the molecule is Cc1nccc(NC(=O)N[C@@H]2c3ccccc3C[C@@H]2O)c1Cl. The Morgan fingerprint density at radius 3 is 2.95 bits per heavy atom. The normalized spacial score (nSPS) is 19.6. The molecule has 1 aromatic carbocycles. The first-order chi connectivity index (χ1) is 10.6. The highest BCUT2D eigenvalue weighted by Gasteiger charge is 2.31. The molecule has 0 saturated carbocycles.